The molecule has 0 aliphatic rings. The highest BCUT2D eigenvalue weighted by Gasteiger charge is 2.11. The molecular weight excluding hydrogens is 240 g/mol. The van der Waals surface area contributed by atoms with Gasteiger partial charge in [0.15, 0.2) is 0 Å². The summed E-state index contributed by atoms with van der Waals surface area (Å²) in [5, 5.41) is 17.7. The van der Waals surface area contributed by atoms with Gasteiger partial charge in [-0.25, -0.2) is 0 Å². The topological polar surface area (TPSA) is 59.2 Å². The van der Waals surface area contributed by atoms with E-state index in [4.69, 9.17) is 4.42 Å². The monoisotopic (exact) mass is 252 g/mol. The fraction of sp³-hybridized carbons (Fsp3) is 0.0667. The fourth-order valence-electron chi connectivity index (χ4n) is 1.86. The van der Waals surface area contributed by atoms with Crippen LogP contribution in [0.3, 0.4) is 0 Å². The number of aromatic nitrogens is 2. The van der Waals surface area contributed by atoms with Gasteiger partial charge in [-0.2, -0.15) is 0 Å². The molecule has 0 spiro atoms. The number of phenolic OH excluding ortho intramolecular Hbond substituents is 1. The molecule has 0 bridgehead atoms. The van der Waals surface area contributed by atoms with Gasteiger partial charge in [-0.3, -0.25) is 0 Å². The van der Waals surface area contributed by atoms with Crippen LogP contribution in [0.2, 0.25) is 0 Å². The van der Waals surface area contributed by atoms with Gasteiger partial charge in [0.25, 0.3) is 5.89 Å². The molecule has 1 heterocycles. The van der Waals surface area contributed by atoms with Crippen LogP contribution in [0.1, 0.15) is 11.5 Å². The van der Waals surface area contributed by atoms with E-state index in [0.717, 1.165) is 5.56 Å². The number of nitrogens with zero attached hydrogens (tertiary/aromatic N) is 2. The highest BCUT2D eigenvalue weighted by molar-refractivity contribution is 5.61. The first-order valence-electron chi connectivity index (χ1n) is 5.97. The highest BCUT2D eigenvalue weighted by atomic mass is 16.4. The first kappa shape index (κ1) is 11.5. The van der Waals surface area contributed by atoms with Crippen LogP contribution in [-0.4, -0.2) is 15.3 Å². The lowest BCUT2D eigenvalue weighted by Gasteiger charge is -1.98. The molecule has 2 aromatic carbocycles. The van der Waals surface area contributed by atoms with Crippen molar-refractivity contribution in [1.82, 2.24) is 10.2 Å². The number of para-hydroxylation sites is 1. The third-order valence-electron chi connectivity index (χ3n) is 2.80. The molecule has 0 saturated heterocycles. The Bertz CT molecular complexity index is 677. The van der Waals surface area contributed by atoms with E-state index in [1.165, 1.54) is 0 Å². The van der Waals surface area contributed by atoms with Crippen LogP contribution >= 0.6 is 0 Å². The number of rotatable bonds is 3. The van der Waals surface area contributed by atoms with Gasteiger partial charge in [0.1, 0.15) is 5.75 Å². The molecule has 0 unspecified atom stereocenters. The zero-order chi connectivity index (χ0) is 13.1. The van der Waals surface area contributed by atoms with Crippen molar-refractivity contribution in [1.29, 1.82) is 0 Å². The summed E-state index contributed by atoms with van der Waals surface area (Å²) in [6.07, 6.45) is 0.585. The van der Waals surface area contributed by atoms with Crippen LogP contribution in [0, 0.1) is 0 Å². The molecule has 0 radical (unpaired) electrons. The second-order valence-corrected chi connectivity index (χ2v) is 4.18. The Morgan fingerprint density at radius 2 is 1.63 bits per heavy atom. The molecule has 0 saturated carbocycles. The van der Waals surface area contributed by atoms with Crippen molar-refractivity contribution in [3.05, 3.63) is 66.1 Å². The van der Waals surface area contributed by atoms with Crippen LogP contribution in [0.15, 0.2) is 59.0 Å². The van der Waals surface area contributed by atoms with E-state index in [1.54, 1.807) is 18.2 Å². The summed E-state index contributed by atoms with van der Waals surface area (Å²) in [5.41, 5.74) is 1.66. The van der Waals surface area contributed by atoms with E-state index in [9.17, 15) is 5.11 Å². The Hall–Kier alpha value is -2.62. The minimum Gasteiger partial charge on any atom is -0.507 e. The number of benzene rings is 2. The van der Waals surface area contributed by atoms with E-state index in [0.29, 0.717) is 23.8 Å². The predicted molar refractivity (Wildman–Crippen MR) is 70.6 cm³/mol. The molecule has 1 N–H and O–H groups in total. The first-order chi connectivity index (χ1) is 9.33. The second kappa shape index (κ2) is 4.94. The summed E-state index contributed by atoms with van der Waals surface area (Å²) >= 11 is 0. The molecule has 19 heavy (non-hydrogen) atoms. The molecule has 3 rings (SSSR count). The maximum absolute atomic E-state index is 9.74. The lowest BCUT2D eigenvalue weighted by atomic mass is 10.1. The van der Waals surface area contributed by atoms with Gasteiger partial charge in [-0.15, -0.1) is 10.2 Å². The van der Waals surface area contributed by atoms with Crippen molar-refractivity contribution in [2.45, 2.75) is 6.42 Å². The predicted octanol–water partition coefficient (Wildman–Crippen LogP) is 3.03. The van der Waals surface area contributed by atoms with Crippen molar-refractivity contribution in [3.63, 3.8) is 0 Å². The average Bonchev–Trinajstić information content (AvgIpc) is 2.89. The number of hydrogen-bond acceptors (Lipinski definition) is 4. The van der Waals surface area contributed by atoms with Gasteiger partial charge >= 0.3 is 0 Å². The molecule has 4 heteroatoms. The van der Waals surface area contributed by atoms with Gasteiger partial charge in [-0.1, -0.05) is 42.5 Å². The molecule has 0 aliphatic heterocycles. The van der Waals surface area contributed by atoms with E-state index in [1.807, 2.05) is 36.4 Å². The molecule has 0 aliphatic carbocycles. The summed E-state index contributed by atoms with van der Waals surface area (Å²) in [4.78, 5) is 0. The molecular formula is C15H12N2O2. The lowest BCUT2D eigenvalue weighted by molar-refractivity contribution is 0.469. The summed E-state index contributed by atoms with van der Waals surface area (Å²) < 4.78 is 5.57. The third-order valence-corrected chi connectivity index (χ3v) is 2.80. The second-order valence-electron chi connectivity index (χ2n) is 4.18. The Balaban J connectivity index is 1.86. The zero-order valence-corrected chi connectivity index (χ0v) is 10.2. The van der Waals surface area contributed by atoms with Gasteiger partial charge in [0, 0.05) is 0 Å². The van der Waals surface area contributed by atoms with Crippen LogP contribution in [-0.2, 0) is 6.42 Å². The number of hydrogen-bond donors (Lipinski definition) is 1. The minimum atomic E-state index is 0.136. The fourth-order valence-corrected chi connectivity index (χ4v) is 1.86. The Kier molecular flexibility index (Phi) is 2.98. The van der Waals surface area contributed by atoms with Crippen molar-refractivity contribution in [2.75, 3.05) is 0 Å². The number of phenols is 1. The van der Waals surface area contributed by atoms with E-state index in [-0.39, 0.29) is 5.75 Å². The standard InChI is InChI=1S/C15H12N2O2/c18-13-9-5-4-8-12(13)15-17-16-14(19-15)10-11-6-2-1-3-7-11/h1-9,18H,10H2. The maximum Gasteiger partial charge on any atom is 0.251 e. The smallest absolute Gasteiger partial charge is 0.251 e. The van der Waals surface area contributed by atoms with Crippen LogP contribution in [0.25, 0.3) is 11.5 Å². The van der Waals surface area contributed by atoms with E-state index >= 15 is 0 Å². The normalized spacial score (nSPS) is 10.5. The summed E-state index contributed by atoms with van der Waals surface area (Å²) in [5.74, 6) is 1.01. The van der Waals surface area contributed by atoms with Gasteiger partial charge in [-0.05, 0) is 17.7 Å². The third kappa shape index (κ3) is 2.47. The molecule has 0 atom stereocenters. The summed E-state index contributed by atoms with van der Waals surface area (Å²) in [7, 11) is 0. The highest BCUT2D eigenvalue weighted by Crippen LogP contribution is 2.27. The van der Waals surface area contributed by atoms with Gasteiger partial charge in [0.05, 0.1) is 12.0 Å². The maximum atomic E-state index is 9.74. The Labute approximate surface area is 110 Å². The molecule has 0 amide bonds. The van der Waals surface area contributed by atoms with Crippen molar-refractivity contribution in [2.24, 2.45) is 0 Å². The van der Waals surface area contributed by atoms with Crippen molar-refractivity contribution in [3.8, 4) is 17.2 Å². The molecule has 94 valence electrons. The zero-order valence-electron chi connectivity index (χ0n) is 10.2. The quantitative estimate of drug-likeness (QED) is 0.778. The van der Waals surface area contributed by atoms with E-state index in [2.05, 4.69) is 10.2 Å². The van der Waals surface area contributed by atoms with Crippen LogP contribution < -0.4 is 0 Å². The SMILES string of the molecule is Oc1ccccc1-c1nnc(Cc2ccccc2)o1. The molecule has 1 aromatic heterocycles. The number of aromatic hydroxyl groups is 1. The average molecular weight is 252 g/mol. The first-order valence-corrected chi connectivity index (χ1v) is 5.97. The van der Waals surface area contributed by atoms with E-state index < -0.39 is 0 Å². The van der Waals surface area contributed by atoms with Gasteiger partial charge < -0.3 is 9.52 Å². The largest absolute Gasteiger partial charge is 0.507 e. The van der Waals surface area contributed by atoms with Crippen LogP contribution in [0.4, 0.5) is 0 Å². The summed E-state index contributed by atoms with van der Waals surface area (Å²) in [6, 6.07) is 16.8. The molecule has 3 aromatic rings. The lowest BCUT2D eigenvalue weighted by Crippen LogP contribution is -1.87. The minimum absolute atomic E-state index is 0.136. The van der Waals surface area contributed by atoms with Crippen LogP contribution in [0.5, 0.6) is 5.75 Å². The Morgan fingerprint density at radius 3 is 2.42 bits per heavy atom. The molecule has 4 nitrogen and oxygen atoms in total. The molecule has 0 fully saturated rings. The van der Waals surface area contributed by atoms with Crippen molar-refractivity contribution < 1.29 is 9.52 Å². The Morgan fingerprint density at radius 1 is 0.895 bits per heavy atom. The van der Waals surface area contributed by atoms with Gasteiger partial charge in [0.2, 0.25) is 5.89 Å². The summed E-state index contributed by atoms with van der Waals surface area (Å²) in [6.45, 7) is 0. The van der Waals surface area contributed by atoms with Crippen molar-refractivity contribution >= 4 is 0 Å².